The summed E-state index contributed by atoms with van der Waals surface area (Å²) in [5.41, 5.74) is 3.62. The van der Waals surface area contributed by atoms with Gasteiger partial charge < -0.3 is 14.3 Å². The second-order valence-electron chi connectivity index (χ2n) is 5.10. The molecule has 0 radical (unpaired) electrons. The molecule has 0 aliphatic heterocycles. The van der Waals surface area contributed by atoms with Gasteiger partial charge >= 0.3 is 0 Å². The van der Waals surface area contributed by atoms with Crippen LogP contribution in [0.4, 0.5) is 0 Å². The van der Waals surface area contributed by atoms with Crippen LogP contribution in [0.1, 0.15) is 22.8 Å². The minimum absolute atomic E-state index is 0.107. The van der Waals surface area contributed by atoms with Crippen LogP contribution in [0.15, 0.2) is 58.2 Å². The SMILES string of the molecule is C=NNC(=O)c1ccc2occ(C)c2c1O.CCOc1ccccc1. The Kier molecular flexibility index (Phi) is 6.17. The quantitative estimate of drug-likeness (QED) is 0.558. The van der Waals surface area contributed by atoms with E-state index in [0.717, 1.165) is 17.9 Å². The van der Waals surface area contributed by atoms with Gasteiger partial charge in [-0.3, -0.25) is 4.79 Å². The smallest absolute Gasteiger partial charge is 0.275 e. The number of phenols is 1. The summed E-state index contributed by atoms with van der Waals surface area (Å²) in [6, 6.07) is 12.9. The van der Waals surface area contributed by atoms with Gasteiger partial charge in [-0.15, -0.1) is 0 Å². The summed E-state index contributed by atoms with van der Waals surface area (Å²) in [6.45, 7) is 7.65. The number of amides is 1. The van der Waals surface area contributed by atoms with Crippen molar-refractivity contribution in [1.29, 1.82) is 0 Å². The number of nitrogens with zero attached hydrogens (tertiary/aromatic N) is 1. The van der Waals surface area contributed by atoms with E-state index in [1.807, 2.05) is 37.3 Å². The number of carbonyl (C=O) groups excluding carboxylic acids is 1. The lowest BCUT2D eigenvalue weighted by atomic mass is 10.1. The molecule has 0 fully saturated rings. The highest BCUT2D eigenvalue weighted by Crippen LogP contribution is 2.32. The lowest BCUT2D eigenvalue weighted by molar-refractivity contribution is 0.0953. The Bertz CT molecular complexity index is 856. The van der Waals surface area contributed by atoms with Crippen LogP contribution < -0.4 is 10.2 Å². The number of nitrogens with one attached hydrogen (secondary N) is 1. The predicted molar refractivity (Wildman–Crippen MR) is 97.2 cm³/mol. The first-order valence-corrected chi connectivity index (χ1v) is 7.72. The zero-order valence-electron chi connectivity index (χ0n) is 14.2. The van der Waals surface area contributed by atoms with Crippen LogP contribution in [0.5, 0.6) is 11.5 Å². The molecule has 2 aromatic carbocycles. The summed E-state index contributed by atoms with van der Waals surface area (Å²) in [7, 11) is 0. The average Bonchev–Trinajstić information content (AvgIpc) is 2.99. The number of rotatable bonds is 4. The van der Waals surface area contributed by atoms with E-state index in [9.17, 15) is 9.90 Å². The van der Waals surface area contributed by atoms with Crippen molar-refractivity contribution in [3.05, 3.63) is 59.9 Å². The van der Waals surface area contributed by atoms with Crippen molar-refractivity contribution in [2.24, 2.45) is 5.10 Å². The molecule has 1 amide bonds. The fraction of sp³-hybridized carbons (Fsp3) is 0.158. The molecule has 0 saturated carbocycles. The molecular weight excluding hydrogens is 320 g/mol. The molecule has 25 heavy (non-hydrogen) atoms. The summed E-state index contributed by atoms with van der Waals surface area (Å²) in [6.07, 6.45) is 1.53. The van der Waals surface area contributed by atoms with Crippen LogP contribution in [0.25, 0.3) is 11.0 Å². The van der Waals surface area contributed by atoms with E-state index >= 15 is 0 Å². The molecule has 0 unspecified atom stereocenters. The number of aromatic hydroxyl groups is 1. The number of hydrazone groups is 1. The molecule has 3 rings (SSSR count). The highest BCUT2D eigenvalue weighted by Gasteiger charge is 2.16. The van der Waals surface area contributed by atoms with Crippen LogP contribution in [0.3, 0.4) is 0 Å². The van der Waals surface area contributed by atoms with Crippen molar-refractivity contribution in [1.82, 2.24) is 5.43 Å². The van der Waals surface area contributed by atoms with Crippen LogP contribution in [-0.2, 0) is 0 Å². The Hall–Kier alpha value is -3.28. The molecule has 0 saturated heterocycles. The molecule has 0 aliphatic carbocycles. The number of furan rings is 1. The zero-order chi connectivity index (χ0) is 18.2. The summed E-state index contributed by atoms with van der Waals surface area (Å²) < 4.78 is 10.4. The largest absolute Gasteiger partial charge is 0.506 e. The van der Waals surface area contributed by atoms with Gasteiger partial charge in [-0.05, 0) is 43.7 Å². The van der Waals surface area contributed by atoms with Gasteiger partial charge in [0.1, 0.15) is 17.1 Å². The average molecular weight is 340 g/mol. The first-order chi connectivity index (χ1) is 12.1. The molecule has 6 heteroatoms. The summed E-state index contributed by atoms with van der Waals surface area (Å²) in [4.78, 5) is 11.5. The number of hydrogen-bond acceptors (Lipinski definition) is 5. The van der Waals surface area contributed by atoms with Crippen molar-refractivity contribution in [2.45, 2.75) is 13.8 Å². The normalized spacial score (nSPS) is 9.84. The molecule has 1 heterocycles. The van der Waals surface area contributed by atoms with E-state index in [1.165, 1.54) is 12.3 Å². The summed E-state index contributed by atoms with van der Waals surface area (Å²) in [5, 5.41) is 13.7. The molecule has 0 aliphatic rings. The standard InChI is InChI=1S/C11H10N2O3.C8H10O/c1-6-5-16-8-4-3-7(10(14)9(6)8)11(15)13-12-2;1-2-9-8-6-4-3-5-7-8/h3-5,14H,2H2,1H3,(H,13,15);3-7H,2H2,1H3. The molecule has 6 nitrogen and oxygen atoms in total. The fourth-order valence-corrected chi connectivity index (χ4v) is 2.26. The van der Waals surface area contributed by atoms with Gasteiger partial charge in [0.2, 0.25) is 0 Å². The second-order valence-corrected chi connectivity index (χ2v) is 5.10. The van der Waals surface area contributed by atoms with Crippen molar-refractivity contribution < 1.29 is 19.1 Å². The van der Waals surface area contributed by atoms with E-state index in [-0.39, 0.29) is 11.3 Å². The minimum atomic E-state index is -0.505. The van der Waals surface area contributed by atoms with E-state index in [1.54, 1.807) is 13.0 Å². The van der Waals surface area contributed by atoms with Gasteiger partial charge in [-0.25, -0.2) is 5.43 Å². The van der Waals surface area contributed by atoms with Gasteiger partial charge in [0.05, 0.1) is 23.8 Å². The third-order valence-electron chi connectivity index (χ3n) is 3.38. The van der Waals surface area contributed by atoms with Gasteiger partial charge in [0.25, 0.3) is 5.91 Å². The van der Waals surface area contributed by atoms with Gasteiger partial charge in [-0.1, -0.05) is 18.2 Å². The third kappa shape index (κ3) is 4.38. The van der Waals surface area contributed by atoms with Crippen LogP contribution in [0.2, 0.25) is 0 Å². The molecule has 2 N–H and O–H groups in total. The topological polar surface area (TPSA) is 84.1 Å². The molecule has 0 spiro atoms. The number of fused-ring (bicyclic) bond motifs is 1. The Morgan fingerprint density at radius 1 is 1.28 bits per heavy atom. The lowest BCUT2D eigenvalue weighted by Gasteiger charge is -2.03. The number of ether oxygens (including phenoxy) is 1. The van der Waals surface area contributed by atoms with E-state index in [2.05, 4.69) is 17.2 Å². The number of para-hydroxylation sites is 1. The Balaban J connectivity index is 0.000000212. The van der Waals surface area contributed by atoms with E-state index < -0.39 is 5.91 Å². The number of carbonyl (C=O) groups is 1. The molecule has 1 aromatic heterocycles. The Morgan fingerprint density at radius 2 is 2.00 bits per heavy atom. The maximum Gasteiger partial charge on any atom is 0.275 e. The van der Waals surface area contributed by atoms with E-state index in [0.29, 0.717) is 11.0 Å². The van der Waals surface area contributed by atoms with Crippen molar-refractivity contribution >= 4 is 23.6 Å². The predicted octanol–water partition coefficient (Wildman–Crippen LogP) is 3.88. The molecule has 130 valence electrons. The third-order valence-corrected chi connectivity index (χ3v) is 3.38. The number of hydrogen-bond donors (Lipinski definition) is 2. The van der Waals surface area contributed by atoms with Crippen LogP contribution in [0, 0.1) is 6.92 Å². The van der Waals surface area contributed by atoms with Crippen molar-refractivity contribution in [2.75, 3.05) is 6.61 Å². The maximum atomic E-state index is 11.5. The first-order valence-electron chi connectivity index (χ1n) is 7.72. The highest BCUT2D eigenvalue weighted by atomic mass is 16.5. The van der Waals surface area contributed by atoms with Crippen LogP contribution >= 0.6 is 0 Å². The molecule has 0 bridgehead atoms. The number of benzene rings is 2. The minimum Gasteiger partial charge on any atom is -0.506 e. The Morgan fingerprint density at radius 3 is 2.64 bits per heavy atom. The number of aryl methyl sites for hydroxylation is 1. The monoisotopic (exact) mass is 340 g/mol. The van der Waals surface area contributed by atoms with Crippen molar-refractivity contribution in [3.8, 4) is 11.5 Å². The number of phenolic OH excluding ortho intramolecular Hbond substituents is 1. The first kappa shape index (κ1) is 18.1. The molecule has 3 aromatic rings. The fourth-order valence-electron chi connectivity index (χ4n) is 2.26. The maximum absolute atomic E-state index is 11.5. The van der Waals surface area contributed by atoms with Gasteiger partial charge in [0, 0.05) is 6.72 Å². The second kappa shape index (κ2) is 8.54. The zero-order valence-corrected chi connectivity index (χ0v) is 14.2. The van der Waals surface area contributed by atoms with Crippen LogP contribution in [-0.4, -0.2) is 24.3 Å². The van der Waals surface area contributed by atoms with Gasteiger partial charge in [-0.2, -0.15) is 5.10 Å². The van der Waals surface area contributed by atoms with Crippen molar-refractivity contribution in [3.63, 3.8) is 0 Å². The lowest BCUT2D eigenvalue weighted by Crippen LogP contribution is -2.16. The summed E-state index contributed by atoms with van der Waals surface area (Å²) in [5.74, 6) is 0.333. The van der Waals surface area contributed by atoms with E-state index in [4.69, 9.17) is 9.15 Å². The molecular formula is C19H20N2O4. The Labute approximate surface area is 145 Å². The molecule has 0 atom stereocenters. The highest BCUT2D eigenvalue weighted by molar-refractivity contribution is 6.03. The van der Waals surface area contributed by atoms with Gasteiger partial charge in [0.15, 0.2) is 0 Å². The summed E-state index contributed by atoms with van der Waals surface area (Å²) >= 11 is 0.